The Balaban J connectivity index is 1.64. The summed E-state index contributed by atoms with van der Waals surface area (Å²) in [5, 5.41) is 0. The van der Waals surface area contributed by atoms with Crippen molar-refractivity contribution in [2.45, 2.75) is 57.3 Å². The summed E-state index contributed by atoms with van der Waals surface area (Å²) >= 11 is 0. The summed E-state index contributed by atoms with van der Waals surface area (Å²) in [5.41, 5.74) is 4.06. The summed E-state index contributed by atoms with van der Waals surface area (Å²) in [4.78, 5) is 27.3. The number of hydrogen-bond donors (Lipinski definition) is 0. The number of rotatable bonds is 5. The van der Waals surface area contributed by atoms with E-state index in [1.54, 1.807) is 12.2 Å². The molecule has 0 atom stereocenters. The van der Waals surface area contributed by atoms with Crippen LogP contribution in [0, 0.1) is 17.8 Å². The van der Waals surface area contributed by atoms with Gasteiger partial charge >= 0.3 is 11.9 Å². The highest BCUT2D eigenvalue weighted by atomic mass is 16.5. The molecule has 5 heteroatoms. The molecule has 0 amide bonds. The third-order valence-corrected chi connectivity index (χ3v) is 8.27. The number of esters is 2. The van der Waals surface area contributed by atoms with E-state index in [0.29, 0.717) is 0 Å². The van der Waals surface area contributed by atoms with Gasteiger partial charge in [0.2, 0.25) is 0 Å². The smallest absolute Gasteiger partial charge is 0.355 e. The number of aryl methyl sites for hydroxylation is 1. The Hall–Kier alpha value is -2.82. The molecule has 0 N–H and O–H groups in total. The summed E-state index contributed by atoms with van der Waals surface area (Å²) in [7, 11) is 2.67. The van der Waals surface area contributed by atoms with Gasteiger partial charge in [-0.15, -0.1) is 0 Å². The molecule has 5 aliphatic rings. The standard InChI is InChI=1S/C28H33NO4/c1-4-21-8-9-22(28-15-18-11-19(16-28)13-20(12-18)17-28)14-24(21)29-10-6-5-7-23(26(30)32-2)25(29)27(31)33-3/h5-10,14,18-20H,4,11-13,15-17H2,1-3H3. The molecule has 1 aliphatic heterocycles. The van der Waals surface area contributed by atoms with Crippen LogP contribution in [0.25, 0.3) is 0 Å². The molecule has 1 heterocycles. The maximum Gasteiger partial charge on any atom is 0.355 e. The Morgan fingerprint density at radius 2 is 1.61 bits per heavy atom. The molecule has 4 saturated carbocycles. The van der Waals surface area contributed by atoms with Gasteiger partial charge in [0.05, 0.1) is 19.8 Å². The van der Waals surface area contributed by atoms with Gasteiger partial charge in [0, 0.05) is 11.9 Å². The Labute approximate surface area is 196 Å². The third-order valence-electron chi connectivity index (χ3n) is 8.27. The second-order valence-electron chi connectivity index (χ2n) is 10.2. The topological polar surface area (TPSA) is 55.8 Å². The molecule has 0 aromatic heterocycles. The molecule has 4 bridgehead atoms. The van der Waals surface area contributed by atoms with Gasteiger partial charge in [-0.2, -0.15) is 0 Å². The Morgan fingerprint density at radius 1 is 0.970 bits per heavy atom. The second kappa shape index (κ2) is 8.51. The Bertz CT molecular complexity index is 1030. The molecule has 5 nitrogen and oxygen atoms in total. The lowest BCUT2D eigenvalue weighted by molar-refractivity contribution is -0.139. The van der Waals surface area contributed by atoms with E-state index in [2.05, 4.69) is 25.1 Å². The largest absolute Gasteiger partial charge is 0.465 e. The predicted molar refractivity (Wildman–Crippen MR) is 127 cm³/mol. The van der Waals surface area contributed by atoms with Crippen LogP contribution in [0.1, 0.15) is 56.6 Å². The molecule has 1 aromatic carbocycles. The normalized spacial score (nSPS) is 29.9. The van der Waals surface area contributed by atoms with Crippen molar-refractivity contribution in [1.29, 1.82) is 0 Å². The van der Waals surface area contributed by atoms with Gasteiger partial charge in [-0.05, 0) is 97.5 Å². The van der Waals surface area contributed by atoms with E-state index >= 15 is 0 Å². The molecule has 174 valence electrons. The van der Waals surface area contributed by atoms with Crippen LogP contribution in [0.15, 0.2) is 53.9 Å². The highest BCUT2D eigenvalue weighted by Gasteiger charge is 2.51. The summed E-state index contributed by atoms with van der Waals surface area (Å²) in [6.45, 7) is 2.12. The number of anilines is 1. The summed E-state index contributed by atoms with van der Waals surface area (Å²) in [6, 6.07) is 6.81. The van der Waals surface area contributed by atoms with Crippen LogP contribution in [0.4, 0.5) is 5.69 Å². The molecule has 1 aromatic rings. The molecule has 4 aliphatic carbocycles. The fraction of sp³-hybridized carbons (Fsp3) is 0.500. The monoisotopic (exact) mass is 447 g/mol. The average molecular weight is 448 g/mol. The van der Waals surface area contributed by atoms with Crippen LogP contribution in [0.2, 0.25) is 0 Å². The number of ether oxygens (including phenoxy) is 2. The van der Waals surface area contributed by atoms with Crippen LogP contribution in [0.3, 0.4) is 0 Å². The van der Waals surface area contributed by atoms with Crippen molar-refractivity contribution < 1.29 is 19.1 Å². The summed E-state index contributed by atoms with van der Waals surface area (Å²) in [5.74, 6) is 1.43. The Kier molecular flexibility index (Phi) is 5.67. The molecule has 33 heavy (non-hydrogen) atoms. The Morgan fingerprint density at radius 3 is 2.18 bits per heavy atom. The van der Waals surface area contributed by atoms with E-state index in [9.17, 15) is 9.59 Å². The first kappa shape index (κ1) is 22.0. The number of allylic oxidation sites excluding steroid dienone is 2. The number of carbonyl (C=O) groups is 2. The van der Waals surface area contributed by atoms with E-state index in [0.717, 1.165) is 35.4 Å². The number of hydrogen-bond acceptors (Lipinski definition) is 5. The van der Waals surface area contributed by atoms with Crippen molar-refractivity contribution in [3.05, 3.63) is 65.0 Å². The van der Waals surface area contributed by atoms with Gasteiger partial charge in [-0.1, -0.05) is 25.1 Å². The predicted octanol–water partition coefficient (Wildman–Crippen LogP) is 5.21. The average Bonchev–Trinajstić information content (AvgIpc) is 3.04. The zero-order valence-corrected chi connectivity index (χ0v) is 19.8. The molecule has 4 fully saturated rings. The van der Waals surface area contributed by atoms with Gasteiger partial charge in [0.1, 0.15) is 5.70 Å². The van der Waals surface area contributed by atoms with Gasteiger partial charge in [0.15, 0.2) is 0 Å². The van der Waals surface area contributed by atoms with E-state index < -0.39 is 11.9 Å². The summed E-state index contributed by atoms with van der Waals surface area (Å²) < 4.78 is 10.1. The first-order valence-electron chi connectivity index (χ1n) is 12.2. The van der Waals surface area contributed by atoms with Crippen molar-refractivity contribution >= 4 is 17.6 Å². The highest BCUT2D eigenvalue weighted by Crippen LogP contribution is 2.61. The molecule has 0 saturated heterocycles. The maximum absolute atomic E-state index is 12.9. The van der Waals surface area contributed by atoms with Crippen molar-refractivity contribution in [3.8, 4) is 0 Å². The fourth-order valence-corrected chi connectivity index (χ4v) is 7.23. The van der Waals surface area contributed by atoms with Gasteiger partial charge in [0.25, 0.3) is 0 Å². The van der Waals surface area contributed by atoms with E-state index in [-0.39, 0.29) is 16.7 Å². The summed E-state index contributed by atoms with van der Waals surface area (Å²) in [6.07, 6.45) is 15.9. The second-order valence-corrected chi connectivity index (χ2v) is 10.2. The van der Waals surface area contributed by atoms with Gasteiger partial charge in [-0.25, -0.2) is 9.59 Å². The van der Waals surface area contributed by atoms with Gasteiger partial charge < -0.3 is 14.4 Å². The fourth-order valence-electron chi connectivity index (χ4n) is 7.23. The zero-order chi connectivity index (χ0) is 23.2. The minimum atomic E-state index is -0.561. The lowest BCUT2D eigenvalue weighted by Crippen LogP contribution is -2.48. The number of benzene rings is 1. The first-order valence-corrected chi connectivity index (χ1v) is 12.2. The molecular weight excluding hydrogens is 414 g/mol. The lowest BCUT2D eigenvalue weighted by Gasteiger charge is -2.57. The number of nitrogens with zero attached hydrogens (tertiary/aromatic N) is 1. The van der Waals surface area contributed by atoms with E-state index in [1.807, 2.05) is 17.2 Å². The molecule has 0 radical (unpaired) electrons. The first-order chi connectivity index (χ1) is 16.0. The molecule has 0 unspecified atom stereocenters. The van der Waals surface area contributed by atoms with Crippen LogP contribution >= 0.6 is 0 Å². The van der Waals surface area contributed by atoms with Crippen molar-refractivity contribution in [2.75, 3.05) is 19.1 Å². The van der Waals surface area contributed by atoms with Crippen molar-refractivity contribution in [3.63, 3.8) is 0 Å². The SMILES string of the molecule is CCc1ccc(C23CC4CC(CC(C4)C2)C3)cc1N1C=CC=CC(C(=O)OC)=C1C(=O)OC. The highest BCUT2D eigenvalue weighted by molar-refractivity contribution is 6.05. The minimum Gasteiger partial charge on any atom is -0.465 e. The van der Waals surface area contributed by atoms with Crippen LogP contribution in [0.5, 0.6) is 0 Å². The maximum atomic E-state index is 12.9. The molecule has 6 rings (SSSR count). The minimum absolute atomic E-state index is 0.187. The van der Waals surface area contributed by atoms with Crippen molar-refractivity contribution in [2.24, 2.45) is 17.8 Å². The number of methoxy groups -OCH3 is 2. The van der Waals surface area contributed by atoms with Crippen LogP contribution < -0.4 is 4.90 Å². The lowest BCUT2D eigenvalue weighted by atomic mass is 9.48. The van der Waals surface area contributed by atoms with Crippen LogP contribution in [-0.4, -0.2) is 26.2 Å². The van der Waals surface area contributed by atoms with Crippen molar-refractivity contribution in [1.82, 2.24) is 0 Å². The van der Waals surface area contributed by atoms with Crippen LogP contribution in [-0.2, 0) is 30.9 Å². The van der Waals surface area contributed by atoms with E-state index in [1.165, 1.54) is 58.3 Å². The molecular formula is C28H33NO4. The molecule has 0 spiro atoms. The van der Waals surface area contributed by atoms with Gasteiger partial charge in [-0.3, -0.25) is 0 Å². The number of carbonyl (C=O) groups excluding carboxylic acids is 2. The third kappa shape index (κ3) is 3.71. The zero-order valence-electron chi connectivity index (χ0n) is 19.8. The quantitative estimate of drug-likeness (QED) is 0.580. The van der Waals surface area contributed by atoms with E-state index in [4.69, 9.17) is 9.47 Å².